The van der Waals surface area contributed by atoms with Crippen molar-refractivity contribution in [3.63, 3.8) is 0 Å². The highest BCUT2D eigenvalue weighted by Gasteiger charge is 2.09. The number of amides is 1. The maximum atomic E-state index is 12.3. The first kappa shape index (κ1) is 18.4. The minimum Gasteiger partial charge on any atom is -0.496 e. The molecule has 0 aliphatic heterocycles. The summed E-state index contributed by atoms with van der Waals surface area (Å²) in [4.78, 5) is 13.4. The summed E-state index contributed by atoms with van der Waals surface area (Å²) in [7, 11) is 1.62. The number of rotatable bonds is 8. The van der Waals surface area contributed by atoms with Gasteiger partial charge < -0.3 is 10.1 Å². The van der Waals surface area contributed by atoms with E-state index in [0.717, 1.165) is 27.0 Å². The number of methoxy groups -OCH3 is 1. The first-order valence-corrected chi connectivity index (χ1v) is 8.94. The number of carbonyl (C=O) groups is 1. The van der Waals surface area contributed by atoms with Crippen LogP contribution in [0.25, 0.3) is 0 Å². The van der Waals surface area contributed by atoms with E-state index in [1.165, 1.54) is 0 Å². The van der Waals surface area contributed by atoms with Crippen LogP contribution in [0.4, 0.5) is 0 Å². The molecule has 3 nitrogen and oxygen atoms in total. The molecule has 0 bridgehead atoms. The molecule has 0 aliphatic carbocycles. The van der Waals surface area contributed by atoms with Crippen molar-refractivity contribution in [3.05, 3.63) is 71.3 Å². The minimum absolute atomic E-state index is 0.0836. The topological polar surface area (TPSA) is 38.3 Å². The predicted octanol–water partition coefficient (Wildman–Crippen LogP) is 4.60. The van der Waals surface area contributed by atoms with E-state index in [1.807, 2.05) is 36.4 Å². The van der Waals surface area contributed by atoms with Gasteiger partial charge in [-0.25, -0.2) is 0 Å². The summed E-state index contributed by atoms with van der Waals surface area (Å²) in [6, 6.07) is 13.1. The molecule has 1 amide bonds. The van der Waals surface area contributed by atoms with Crippen LogP contribution in [-0.4, -0.2) is 25.3 Å². The van der Waals surface area contributed by atoms with Gasteiger partial charge in [0.05, 0.1) is 7.11 Å². The number of ether oxygens (including phenoxy) is 1. The highest BCUT2D eigenvalue weighted by molar-refractivity contribution is 7.99. The first-order valence-electron chi connectivity index (χ1n) is 7.58. The molecule has 5 heteroatoms. The summed E-state index contributed by atoms with van der Waals surface area (Å²) < 4.78 is 5.30. The number of nitrogens with one attached hydrogen (secondary N) is 1. The Bertz CT molecular complexity index is 701. The van der Waals surface area contributed by atoms with Crippen molar-refractivity contribution >= 4 is 29.3 Å². The Morgan fingerprint density at radius 1 is 1.29 bits per heavy atom. The van der Waals surface area contributed by atoms with Gasteiger partial charge in [-0.15, -0.1) is 18.3 Å². The molecule has 0 spiro atoms. The zero-order valence-electron chi connectivity index (χ0n) is 13.5. The van der Waals surface area contributed by atoms with Gasteiger partial charge in [-0.3, -0.25) is 4.79 Å². The Kier molecular flexibility index (Phi) is 7.22. The number of hydrogen-bond acceptors (Lipinski definition) is 3. The number of hydrogen-bond donors (Lipinski definition) is 1. The van der Waals surface area contributed by atoms with Crippen molar-refractivity contribution in [2.45, 2.75) is 11.3 Å². The number of halogens is 1. The van der Waals surface area contributed by atoms with Crippen LogP contribution < -0.4 is 10.1 Å². The quantitative estimate of drug-likeness (QED) is 0.424. The lowest BCUT2D eigenvalue weighted by Gasteiger charge is -2.10. The molecule has 0 aliphatic rings. The largest absolute Gasteiger partial charge is 0.496 e. The highest BCUT2D eigenvalue weighted by Crippen LogP contribution is 2.21. The molecule has 126 valence electrons. The second-order valence-electron chi connectivity index (χ2n) is 5.08. The molecule has 1 N–H and O–H groups in total. The lowest BCUT2D eigenvalue weighted by molar-refractivity contribution is 0.0956. The van der Waals surface area contributed by atoms with Crippen LogP contribution in [0.1, 0.15) is 15.9 Å². The average Bonchev–Trinajstić information content (AvgIpc) is 2.60. The van der Waals surface area contributed by atoms with Crippen LogP contribution in [0.5, 0.6) is 5.75 Å². The maximum Gasteiger partial charge on any atom is 0.251 e. The molecule has 2 aromatic carbocycles. The van der Waals surface area contributed by atoms with Crippen molar-refractivity contribution < 1.29 is 9.53 Å². The fourth-order valence-corrected chi connectivity index (χ4v) is 3.10. The molecule has 0 unspecified atom stereocenters. The summed E-state index contributed by atoms with van der Waals surface area (Å²) in [6.45, 7) is 4.33. The second kappa shape index (κ2) is 9.40. The summed E-state index contributed by atoms with van der Waals surface area (Å²) in [5.74, 6) is 1.48. The Labute approximate surface area is 152 Å². The number of benzene rings is 2. The van der Waals surface area contributed by atoms with Crippen molar-refractivity contribution in [1.29, 1.82) is 0 Å². The molecule has 0 heterocycles. The van der Waals surface area contributed by atoms with Gasteiger partial charge in [0.1, 0.15) is 5.75 Å². The van der Waals surface area contributed by atoms with Gasteiger partial charge in [0.15, 0.2) is 0 Å². The van der Waals surface area contributed by atoms with Gasteiger partial charge in [-0.2, -0.15) is 0 Å². The molecular formula is C19H20ClNO2S. The summed E-state index contributed by atoms with van der Waals surface area (Å²) in [6.07, 6.45) is 2.46. The Balaban J connectivity index is 1.86. The number of carbonyl (C=O) groups excluding carboxylic acids is 1. The van der Waals surface area contributed by atoms with E-state index in [4.69, 9.17) is 16.3 Å². The van der Waals surface area contributed by atoms with E-state index in [-0.39, 0.29) is 5.91 Å². The van der Waals surface area contributed by atoms with Crippen LogP contribution >= 0.6 is 23.4 Å². The van der Waals surface area contributed by atoms with Crippen LogP contribution in [-0.2, 0) is 6.42 Å². The molecule has 2 rings (SSSR count). The fourth-order valence-electron chi connectivity index (χ4n) is 2.20. The van der Waals surface area contributed by atoms with E-state index in [0.29, 0.717) is 18.5 Å². The zero-order valence-corrected chi connectivity index (χ0v) is 15.1. The van der Waals surface area contributed by atoms with Gasteiger partial charge in [0.25, 0.3) is 5.91 Å². The standard InChI is InChI=1S/C19H20ClNO2S/c1-3-4-14-13-15(5-10-18(14)23-2)19(22)21-11-12-24-17-8-6-16(20)7-9-17/h3,5-10,13H,1,4,11-12H2,2H3,(H,21,22). The molecule has 0 atom stereocenters. The van der Waals surface area contributed by atoms with E-state index < -0.39 is 0 Å². The summed E-state index contributed by atoms with van der Waals surface area (Å²) in [5.41, 5.74) is 1.58. The Morgan fingerprint density at radius 2 is 2.04 bits per heavy atom. The molecule has 24 heavy (non-hydrogen) atoms. The summed E-state index contributed by atoms with van der Waals surface area (Å²) >= 11 is 7.53. The predicted molar refractivity (Wildman–Crippen MR) is 101 cm³/mol. The van der Waals surface area contributed by atoms with Gasteiger partial charge in [-0.05, 0) is 54.4 Å². The monoisotopic (exact) mass is 361 g/mol. The molecule has 0 radical (unpaired) electrons. The van der Waals surface area contributed by atoms with Gasteiger partial charge in [0.2, 0.25) is 0 Å². The SMILES string of the molecule is C=CCc1cc(C(=O)NCCSc2ccc(Cl)cc2)ccc1OC. The van der Waals surface area contributed by atoms with Crippen LogP contribution in [0.15, 0.2) is 60.0 Å². The molecular weight excluding hydrogens is 342 g/mol. The second-order valence-corrected chi connectivity index (χ2v) is 6.68. The van der Waals surface area contributed by atoms with Crippen molar-refractivity contribution in [3.8, 4) is 5.75 Å². The van der Waals surface area contributed by atoms with E-state index in [1.54, 1.807) is 31.0 Å². The van der Waals surface area contributed by atoms with Crippen LogP contribution in [0.2, 0.25) is 5.02 Å². The molecule has 0 saturated heterocycles. The third-order valence-electron chi connectivity index (χ3n) is 3.38. The lowest BCUT2D eigenvalue weighted by atomic mass is 10.1. The smallest absolute Gasteiger partial charge is 0.251 e. The fraction of sp³-hybridized carbons (Fsp3) is 0.211. The van der Waals surface area contributed by atoms with E-state index >= 15 is 0 Å². The van der Waals surface area contributed by atoms with Crippen molar-refractivity contribution in [2.75, 3.05) is 19.4 Å². The van der Waals surface area contributed by atoms with Gasteiger partial charge >= 0.3 is 0 Å². The zero-order chi connectivity index (χ0) is 17.4. The normalized spacial score (nSPS) is 10.2. The number of thioether (sulfide) groups is 1. The first-order chi connectivity index (χ1) is 11.6. The minimum atomic E-state index is -0.0836. The highest BCUT2D eigenvalue weighted by atomic mass is 35.5. The Hall–Kier alpha value is -1.91. The van der Waals surface area contributed by atoms with Crippen LogP contribution in [0, 0.1) is 0 Å². The lowest BCUT2D eigenvalue weighted by Crippen LogP contribution is -2.25. The van der Waals surface area contributed by atoms with Crippen LogP contribution in [0.3, 0.4) is 0 Å². The van der Waals surface area contributed by atoms with Gasteiger partial charge in [-0.1, -0.05) is 17.7 Å². The Morgan fingerprint density at radius 3 is 2.71 bits per heavy atom. The molecule has 0 aromatic heterocycles. The number of allylic oxidation sites excluding steroid dienone is 1. The third kappa shape index (κ3) is 5.32. The average molecular weight is 362 g/mol. The third-order valence-corrected chi connectivity index (χ3v) is 4.64. The van der Waals surface area contributed by atoms with Crippen molar-refractivity contribution in [2.24, 2.45) is 0 Å². The van der Waals surface area contributed by atoms with Crippen molar-refractivity contribution in [1.82, 2.24) is 5.32 Å². The molecule has 0 saturated carbocycles. The van der Waals surface area contributed by atoms with E-state index in [9.17, 15) is 4.79 Å². The van der Waals surface area contributed by atoms with Gasteiger partial charge in [0, 0.05) is 27.8 Å². The molecule has 2 aromatic rings. The maximum absolute atomic E-state index is 12.3. The van der Waals surface area contributed by atoms with E-state index in [2.05, 4.69) is 11.9 Å². The summed E-state index contributed by atoms with van der Waals surface area (Å²) in [5, 5.41) is 3.66. The molecule has 0 fully saturated rings.